The average Bonchev–Trinajstić information content (AvgIpc) is 3.62. The number of ether oxygens (including phenoxy) is 3. The van der Waals surface area contributed by atoms with E-state index in [1.807, 2.05) is 11.8 Å². The van der Waals surface area contributed by atoms with Crippen LogP contribution in [0.1, 0.15) is 45.4 Å². The Bertz CT molecular complexity index is 901. The van der Waals surface area contributed by atoms with Gasteiger partial charge in [0.05, 0.1) is 43.9 Å². The molecule has 11 nitrogen and oxygen atoms in total. The van der Waals surface area contributed by atoms with Crippen molar-refractivity contribution in [2.45, 2.75) is 87.6 Å². The van der Waals surface area contributed by atoms with Gasteiger partial charge in [0.1, 0.15) is 12.5 Å². The summed E-state index contributed by atoms with van der Waals surface area (Å²) in [5.41, 5.74) is 3.78. The monoisotopic (exact) mass is 607 g/mol. The van der Waals surface area contributed by atoms with Crippen LogP contribution in [0.5, 0.6) is 0 Å². The molecule has 0 amide bonds. The van der Waals surface area contributed by atoms with E-state index in [-0.39, 0.29) is 23.9 Å². The van der Waals surface area contributed by atoms with Crippen LogP contribution < -0.4 is 21.4 Å². The fourth-order valence-electron chi connectivity index (χ4n) is 8.46. The Morgan fingerprint density at radius 3 is 2.55 bits per heavy atom. The molecule has 7 aliphatic rings. The first-order valence-corrected chi connectivity index (χ1v) is 17.9. The predicted molar refractivity (Wildman–Crippen MR) is 163 cm³/mol. The first-order valence-electron chi connectivity index (χ1n) is 16.8. The van der Waals surface area contributed by atoms with Crippen LogP contribution in [0.15, 0.2) is 0 Å². The minimum Gasteiger partial charge on any atom is -0.379 e. The highest BCUT2D eigenvalue weighted by atomic mass is 32.2. The molecule has 4 N–H and O–H groups in total. The van der Waals surface area contributed by atoms with Crippen molar-refractivity contribution in [1.29, 1.82) is 0 Å². The second kappa shape index (κ2) is 13.9. The molecule has 1 aliphatic carbocycles. The normalized spacial score (nSPS) is 44.8. The van der Waals surface area contributed by atoms with Crippen LogP contribution >= 0.6 is 11.8 Å². The molecule has 6 heterocycles. The van der Waals surface area contributed by atoms with Gasteiger partial charge in [-0.2, -0.15) is 0 Å². The summed E-state index contributed by atoms with van der Waals surface area (Å²) in [6, 6.07) is 1.01. The van der Waals surface area contributed by atoms with E-state index in [0.717, 1.165) is 84.4 Å². The SMILES string of the molecule is CC1NN(C2CCNC(NC3CCC(C4CSC5C(=O)CC(N6CCOCC6)OC54)CC3)N2)CC1CN1CCOCC1. The molecule has 0 aromatic carbocycles. The Morgan fingerprint density at radius 2 is 1.76 bits per heavy atom. The number of nitrogens with one attached hydrogen (secondary N) is 4. The number of ketones is 1. The van der Waals surface area contributed by atoms with Crippen molar-refractivity contribution in [3.05, 3.63) is 0 Å². The van der Waals surface area contributed by atoms with Crippen molar-refractivity contribution in [1.82, 2.24) is 36.2 Å². The molecule has 7 fully saturated rings. The van der Waals surface area contributed by atoms with Crippen LogP contribution in [-0.4, -0.2) is 141 Å². The number of rotatable bonds is 7. The minimum atomic E-state index is -0.0546. The van der Waals surface area contributed by atoms with E-state index in [1.165, 1.54) is 25.7 Å². The van der Waals surface area contributed by atoms with Crippen molar-refractivity contribution in [2.75, 3.05) is 78.0 Å². The summed E-state index contributed by atoms with van der Waals surface area (Å²) < 4.78 is 17.8. The summed E-state index contributed by atoms with van der Waals surface area (Å²) in [5.74, 6) is 3.27. The lowest BCUT2D eigenvalue weighted by Crippen LogP contribution is -2.67. The Balaban J connectivity index is 0.869. The van der Waals surface area contributed by atoms with Crippen molar-refractivity contribution in [2.24, 2.45) is 17.8 Å². The summed E-state index contributed by atoms with van der Waals surface area (Å²) in [4.78, 5) is 18.0. The number of thioether (sulfide) groups is 1. The number of carbonyl (C=O) groups excluding carboxylic acids is 1. The second-order valence-electron chi connectivity index (χ2n) is 13.7. The van der Waals surface area contributed by atoms with Crippen molar-refractivity contribution < 1.29 is 19.0 Å². The number of Topliss-reactive ketones (excluding diaryl/α,β-unsaturated/α-hetero) is 1. The van der Waals surface area contributed by atoms with Gasteiger partial charge < -0.3 is 14.2 Å². The van der Waals surface area contributed by atoms with E-state index in [2.05, 4.69) is 43.1 Å². The third-order valence-electron chi connectivity index (χ3n) is 11.0. The van der Waals surface area contributed by atoms with Gasteiger partial charge in [0.15, 0.2) is 5.78 Å². The molecule has 8 atom stereocenters. The van der Waals surface area contributed by atoms with Gasteiger partial charge in [-0.25, -0.2) is 5.01 Å². The van der Waals surface area contributed by atoms with Gasteiger partial charge in [0.25, 0.3) is 0 Å². The van der Waals surface area contributed by atoms with Crippen molar-refractivity contribution in [3.8, 4) is 0 Å². The highest BCUT2D eigenvalue weighted by Gasteiger charge is 2.50. The number of hydrogen-bond donors (Lipinski definition) is 4. The fourth-order valence-corrected chi connectivity index (χ4v) is 10.1. The average molecular weight is 608 g/mol. The molecule has 0 bridgehead atoms. The number of fused-ring (bicyclic) bond motifs is 1. The van der Waals surface area contributed by atoms with E-state index in [9.17, 15) is 4.79 Å². The van der Waals surface area contributed by atoms with Gasteiger partial charge >= 0.3 is 0 Å². The minimum absolute atomic E-state index is 0.0473. The lowest BCUT2D eigenvalue weighted by Gasteiger charge is -2.43. The van der Waals surface area contributed by atoms with E-state index in [4.69, 9.17) is 14.2 Å². The predicted octanol–water partition coefficient (Wildman–Crippen LogP) is 0.232. The third-order valence-corrected chi connectivity index (χ3v) is 12.5. The van der Waals surface area contributed by atoms with E-state index < -0.39 is 0 Å². The largest absolute Gasteiger partial charge is 0.379 e. The van der Waals surface area contributed by atoms with E-state index >= 15 is 0 Å². The van der Waals surface area contributed by atoms with Gasteiger partial charge in [-0.1, -0.05) is 0 Å². The molecule has 238 valence electrons. The number of morpholine rings is 2. The first kappa shape index (κ1) is 30.3. The van der Waals surface area contributed by atoms with Crippen LogP contribution in [0.4, 0.5) is 0 Å². The smallest absolute Gasteiger partial charge is 0.152 e. The maximum Gasteiger partial charge on any atom is 0.152 e. The Morgan fingerprint density at radius 1 is 1.00 bits per heavy atom. The summed E-state index contributed by atoms with van der Waals surface area (Å²) in [7, 11) is 0. The van der Waals surface area contributed by atoms with Gasteiger partial charge in [0.2, 0.25) is 0 Å². The lowest BCUT2D eigenvalue weighted by atomic mass is 9.75. The molecule has 0 spiro atoms. The highest BCUT2D eigenvalue weighted by Crippen LogP contribution is 2.46. The van der Waals surface area contributed by atoms with E-state index in [1.54, 1.807) is 0 Å². The summed E-state index contributed by atoms with van der Waals surface area (Å²) in [6.07, 6.45) is 6.97. The van der Waals surface area contributed by atoms with Crippen LogP contribution in [0, 0.1) is 17.8 Å². The number of carbonyl (C=O) groups is 1. The summed E-state index contributed by atoms with van der Waals surface area (Å²) in [5, 5.41) is 14.0. The zero-order chi connectivity index (χ0) is 28.5. The maximum absolute atomic E-state index is 13.1. The zero-order valence-corrected chi connectivity index (χ0v) is 26.2. The number of nitrogens with zero attached hydrogens (tertiary/aromatic N) is 3. The standard InChI is InChI=1S/C30H53N7O4S/c1-20-22(17-35-8-12-39-13-9-35)18-37(34-20)26-6-7-31-30(33-26)32-23-4-2-21(3-5-23)24-19-42-29-25(38)16-27(41-28(24)29)36-10-14-40-15-11-36/h20-24,26-34H,2-19H2,1H3. The molecule has 0 aromatic heterocycles. The Kier molecular flexibility index (Phi) is 10.1. The van der Waals surface area contributed by atoms with Crippen LogP contribution in [0.3, 0.4) is 0 Å². The Hall–Kier alpha value is -0.380. The Labute approximate surface area is 255 Å². The zero-order valence-electron chi connectivity index (χ0n) is 25.4. The van der Waals surface area contributed by atoms with Crippen LogP contribution in [-0.2, 0) is 19.0 Å². The second-order valence-corrected chi connectivity index (χ2v) is 14.8. The quantitative estimate of drug-likeness (QED) is 0.319. The lowest BCUT2D eigenvalue weighted by molar-refractivity contribution is -0.170. The first-order chi connectivity index (χ1) is 20.6. The molecule has 6 saturated heterocycles. The van der Waals surface area contributed by atoms with E-state index in [0.29, 0.717) is 48.2 Å². The number of hydrogen-bond acceptors (Lipinski definition) is 12. The molecular weight excluding hydrogens is 554 g/mol. The van der Waals surface area contributed by atoms with Crippen molar-refractivity contribution >= 4 is 17.5 Å². The molecule has 12 heteroatoms. The molecule has 8 unspecified atom stereocenters. The topological polar surface area (TPSA) is 103 Å². The fraction of sp³-hybridized carbons (Fsp3) is 0.967. The molecule has 42 heavy (non-hydrogen) atoms. The highest BCUT2D eigenvalue weighted by molar-refractivity contribution is 8.01. The third kappa shape index (κ3) is 6.89. The molecule has 1 saturated carbocycles. The van der Waals surface area contributed by atoms with Crippen molar-refractivity contribution in [3.63, 3.8) is 0 Å². The molecule has 0 radical (unpaired) electrons. The molecule has 6 aliphatic heterocycles. The summed E-state index contributed by atoms with van der Waals surface area (Å²) >= 11 is 1.86. The molecular formula is C30H53N7O4S. The van der Waals surface area contributed by atoms with Gasteiger partial charge in [0, 0.05) is 70.2 Å². The summed E-state index contributed by atoms with van der Waals surface area (Å²) in [6.45, 7) is 12.7. The van der Waals surface area contributed by atoms with Gasteiger partial charge in [-0.15, -0.1) is 11.8 Å². The van der Waals surface area contributed by atoms with Gasteiger partial charge in [-0.05, 0) is 56.6 Å². The number of hydrazine groups is 1. The van der Waals surface area contributed by atoms with Crippen LogP contribution in [0.25, 0.3) is 0 Å². The van der Waals surface area contributed by atoms with Crippen LogP contribution in [0.2, 0.25) is 0 Å². The molecule has 0 aromatic rings. The maximum atomic E-state index is 13.1. The van der Waals surface area contributed by atoms with Gasteiger partial charge in [-0.3, -0.25) is 36.0 Å². The molecule has 7 rings (SSSR count).